The third-order valence-electron chi connectivity index (χ3n) is 3.36. The second-order valence-electron chi connectivity index (χ2n) is 4.75. The van der Waals surface area contributed by atoms with Crippen molar-refractivity contribution >= 4 is 21.8 Å². The van der Waals surface area contributed by atoms with Crippen LogP contribution in [0.4, 0.5) is 0 Å². The van der Waals surface area contributed by atoms with E-state index in [1.165, 1.54) is 10.5 Å². The number of halogens is 1. The molecule has 17 heavy (non-hydrogen) atoms. The quantitative estimate of drug-likeness (QED) is 0.849. The summed E-state index contributed by atoms with van der Waals surface area (Å²) in [5, 5.41) is 0. The lowest BCUT2D eigenvalue weighted by Crippen LogP contribution is -3.12. The highest BCUT2D eigenvalue weighted by Crippen LogP contribution is 2.11. The number of hydrogen-bond acceptors (Lipinski definition) is 1. The zero-order valence-corrected chi connectivity index (χ0v) is 11.4. The Balaban J connectivity index is 1.97. The lowest BCUT2D eigenvalue weighted by atomic mass is 9.97. The maximum atomic E-state index is 11.2. The minimum Gasteiger partial charge on any atom is -0.369 e. The zero-order chi connectivity index (χ0) is 12.3. The Bertz CT molecular complexity index is 408. The lowest BCUT2D eigenvalue weighted by molar-refractivity contribution is -0.921. The van der Waals surface area contributed by atoms with Gasteiger partial charge >= 0.3 is 0 Å². The van der Waals surface area contributed by atoms with Gasteiger partial charge in [-0.1, -0.05) is 28.1 Å². The van der Waals surface area contributed by atoms with Gasteiger partial charge in [-0.05, 0) is 25.0 Å². The number of likely N-dealkylation sites (tertiary alicyclic amines) is 1. The highest BCUT2D eigenvalue weighted by atomic mass is 79.9. The van der Waals surface area contributed by atoms with Crippen LogP contribution in [0.15, 0.2) is 28.7 Å². The molecule has 1 aliphatic heterocycles. The van der Waals surface area contributed by atoms with E-state index >= 15 is 0 Å². The first-order chi connectivity index (χ1) is 8.15. The van der Waals surface area contributed by atoms with Crippen molar-refractivity contribution in [3.05, 3.63) is 34.3 Å². The smallest absolute Gasteiger partial charge is 0.226 e. The Morgan fingerprint density at radius 1 is 1.53 bits per heavy atom. The van der Waals surface area contributed by atoms with Crippen LogP contribution in [-0.2, 0) is 11.3 Å². The molecule has 92 valence electrons. The minimum absolute atomic E-state index is 0.0610. The van der Waals surface area contributed by atoms with E-state index in [4.69, 9.17) is 5.73 Å². The Kier molecular flexibility index (Phi) is 4.18. The molecule has 4 heteroatoms. The van der Waals surface area contributed by atoms with E-state index in [-0.39, 0.29) is 11.8 Å². The van der Waals surface area contributed by atoms with Crippen molar-refractivity contribution in [1.82, 2.24) is 0 Å². The van der Waals surface area contributed by atoms with Crippen LogP contribution in [0.3, 0.4) is 0 Å². The highest BCUT2D eigenvalue weighted by molar-refractivity contribution is 9.10. The molecule has 1 fully saturated rings. The van der Waals surface area contributed by atoms with E-state index < -0.39 is 0 Å². The van der Waals surface area contributed by atoms with Gasteiger partial charge < -0.3 is 10.6 Å². The third-order valence-corrected chi connectivity index (χ3v) is 3.86. The van der Waals surface area contributed by atoms with Gasteiger partial charge in [0.1, 0.15) is 6.54 Å². The van der Waals surface area contributed by atoms with Gasteiger partial charge in [-0.3, -0.25) is 4.79 Å². The van der Waals surface area contributed by atoms with Crippen LogP contribution in [0, 0.1) is 5.92 Å². The number of amides is 1. The Morgan fingerprint density at radius 2 is 2.35 bits per heavy atom. The van der Waals surface area contributed by atoms with E-state index in [1.807, 2.05) is 12.1 Å². The van der Waals surface area contributed by atoms with Gasteiger partial charge in [0.2, 0.25) is 5.91 Å². The summed E-state index contributed by atoms with van der Waals surface area (Å²) in [7, 11) is 0. The topological polar surface area (TPSA) is 47.5 Å². The molecule has 1 aliphatic rings. The van der Waals surface area contributed by atoms with Crippen molar-refractivity contribution in [2.75, 3.05) is 13.1 Å². The molecule has 2 rings (SSSR count). The lowest BCUT2D eigenvalue weighted by Gasteiger charge is -2.28. The molecule has 1 amide bonds. The molecule has 0 aromatic heterocycles. The Labute approximate surface area is 110 Å². The van der Waals surface area contributed by atoms with Gasteiger partial charge in [-0.25, -0.2) is 0 Å². The second kappa shape index (κ2) is 5.65. The van der Waals surface area contributed by atoms with E-state index in [0.29, 0.717) is 0 Å². The summed E-state index contributed by atoms with van der Waals surface area (Å²) in [5.41, 5.74) is 6.69. The van der Waals surface area contributed by atoms with Crippen LogP contribution >= 0.6 is 15.9 Å². The van der Waals surface area contributed by atoms with Gasteiger partial charge in [0.15, 0.2) is 0 Å². The van der Waals surface area contributed by atoms with Gasteiger partial charge in [-0.15, -0.1) is 0 Å². The fourth-order valence-electron chi connectivity index (χ4n) is 2.49. The summed E-state index contributed by atoms with van der Waals surface area (Å²) in [6.45, 7) is 2.99. The van der Waals surface area contributed by atoms with Gasteiger partial charge in [-0.2, -0.15) is 0 Å². The summed E-state index contributed by atoms with van der Waals surface area (Å²) in [6.07, 6.45) is 2.05. The fourth-order valence-corrected chi connectivity index (χ4v) is 2.94. The maximum Gasteiger partial charge on any atom is 0.226 e. The van der Waals surface area contributed by atoms with E-state index in [9.17, 15) is 4.79 Å². The normalized spacial score (nSPS) is 24.5. The first kappa shape index (κ1) is 12.6. The molecule has 2 atom stereocenters. The van der Waals surface area contributed by atoms with E-state index in [2.05, 4.69) is 28.1 Å². The first-order valence-corrected chi connectivity index (χ1v) is 6.82. The van der Waals surface area contributed by atoms with Crippen LogP contribution in [0.2, 0.25) is 0 Å². The van der Waals surface area contributed by atoms with Crippen molar-refractivity contribution in [2.24, 2.45) is 11.7 Å². The van der Waals surface area contributed by atoms with Crippen molar-refractivity contribution in [1.29, 1.82) is 0 Å². The first-order valence-electron chi connectivity index (χ1n) is 6.02. The highest BCUT2D eigenvalue weighted by Gasteiger charge is 2.26. The SMILES string of the molecule is NC(=O)[C@@H]1CCC[NH+](Cc2cccc(Br)c2)C1. The molecule has 0 spiro atoms. The average Bonchev–Trinajstić information content (AvgIpc) is 2.29. The summed E-state index contributed by atoms with van der Waals surface area (Å²) >= 11 is 3.48. The van der Waals surface area contributed by atoms with Crippen molar-refractivity contribution in [3.8, 4) is 0 Å². The predicted molar refractivity (Wildman–Crippen MR) is 70.5 cm³/mol. The summed E-state index contributed by atoms with van der Waals surface area (Å²) in [5.74, 6) is -0.0812. The molecule has 3 nitrogen and oxygen atoms in total. The monoisotopic (exact) mass is 297 g/mol. The molecule has 0 saturated carbocycles. The molecule has 1 unspecified atom stereocenters. The third kappa shape index (κ3) is 3.54. The minimum atomic E-state index is -0.142. The molecule has 0 aliphatic carbocycles. The molecule has 1 heterocycles. The Hall–Kier alpha value is -0.870. The van der Waals surface area contributed by atoms with Crippen molar-refractivity contribution in [3.63, 3.8) is 0 Å². The molecular weight excluding hydrogens is 280 g/mol. The summed E-state index contributed by atoms with van der Waals surface area (Å²) in [4.78, 5) is 12.7. The number of hydrogen-bond donors (Lipinski definition) is 2. The summed E-state index contributed by atoms with van der Waals surface area (Å²) in [6, 6.07) is 8.35. The second-order valence-corrected chi connectivity index (χ2v) is 5.67. The van der Waals surface area contributed by atoms with Gasteiger partial charge in [0.05, 0.1) is 19.0 Å². The maximum absolute atomic E-state index is 11.2. The zero-order valence-electron chi connectivity index (χ0n) is 9.79. The molecule has 1 saturated heterocycles. The Morgan fingerprint density at radius 3 is 3.06 bits per heavy atom. The fraction of sp³-hybridized carbons (Fsp3) is 0.462. The predicted octanol–water partition coefficient (Wildman–Crippen LogP) is 0.729. The van der Waals surface area contributed by atoms with Crippen molar-refractivity contribution in [2.45, 2.75) is 19.4 Å². The molecular formula is C13H18BrN2O+. The number of piperidine rings is 1. The largest absolute Gasteiger partial charge is 0.369 e. The number of primary amides is 1. The van der Waals surface area contributed by atoms with E-state index in [1.54, 1.807) is 0 Å². The van der Waals surface area contributed by atoms with Crippen LogP contribution in [0.5, 0.6) is 0 Å². The van der Waals surface area contributed by atoms with Crippen LogP contribution in [-0.4, -0.2) is 19.0 Å². The number of carbonyl (C=O) groups is 1. The van der Waals surface area contributed by atoms with Gasteiger partial charge in [0, 0.05) is 10.0 Å². The summed E-state index contributed by atoms with van der Waals surface area (Å²) < 4.78 is 1.11. The number of rotatable bonds is 3. The number of quaternary nitrogens is 1. The number of carbonyl (C=O) groups excluding carboxylic acids is 1. The van der Waals surface area contributed by atoms with Crippen molar-refractivity contribution < 1.29 is 9.69 Å². The van der Waals surface area contributed by atoms with Crippen LogP contribution < -0.4 is 10.6 Å². The van der Waals surface area contributed by atoms with E-state index in [0.717, 1.165) is 36.9 Å². The number of nitrogens with one attached hydrogen (secondary N) is 1. The number of benzene rings is 1. The van der Waals surface area contributed by atoms with Crippen LogP contribution in [0.25, 0.3) is 0 Å². The molecule has 1 aromatic rings. The average molecular weight is 298 g/mol. The molecule has 0 radical (unpaired) electrons. The molecule has 0 bridgehead atoms. The van der Waals surface area contributed by atoms with Crippen LogP contribution in [0.1, 0.15) is 18.4 Å². The standard InChI is InChI=1S/C13H17BrN2O/c14-12-5-1-3-10(7-12)8-16-6-2-4-11(9-16)13(15)17/h1,3,5,7,11H,2,4,6,8-9H2,(H2,15,17)/p+1/t11-/m1/s1. The molecule has 1 aromatic carbocycles. The number of nitrogens with two attached hydrogens (primary N) is 1. The molecule has 3 N–H and O–H groups in total. The van der Waals surface area contributed by atoms with Gasteiger partial charge in [0.25, 0.3) is 0 Å².